The van der Waals surface area contributed by atoms with Crippen molar-refractivity contribution in [1.82, 2.24) is 0 Å². The van der Waals surface area contributed by atoms with Gasteiger partial charge in [-0.25, -0.2) is 0 Å². The van der Waals surface area contributed by atoms with Crippen LogP contribution in [0.3, 0.4) is 0 Å². The second-order valence-electron chi connectivity index (χ2n) is 4.15. The fourth-order valence-corrected chi connectivity index (χ4v) is 2.61. The molecule has 3 nitrogen and oxygen atoms in total. The monoisotopic (exact) mass is 260 g/mol. The van der Waals surface area contributed by atoms with Gasteiger partial charge in [0.05, 0.1) is 4.88 Å². The minimum Gasteiger partial charge on any atom is -0.398 e. The number of nitrogen functional groups attached to an aromatic ring is 1. The number of thiophene rings is 1. The lowest BCUT2D eigenvalue weighted by atomic mass is 10.1. The van der Waals surface area contributed by atoms with Gasteiger partial charge in [0.1, 0.15) is 0 Å². The van der Waals surface area contributed by atoms with Gasteiger partial charge in [-0.05, 0) is 48.1 Å². The van der Waals surface area contributed by atoms with Crippen LogP contribution in [0.1, 0.15) is 27.7 Å². The first-order chi connectivity index (χ1) is 8.61. The second kappa shape index (κ2) is 5.23. The molecule has 0 aliphatic carbocycles. The highest BCUT2D eigenvalue weighted by atomic mass is 32.1. The van der Waals surface area contributed by atoms with E-state index >= 15 is 0 Å². The molecule has 0 unspecified atom stereocenters. The molecular formula is C14H16N2OS. The number of anilines is 2. The smallest absolute Gasteiger partial charge is 0.266 e. The van der Waals surface area contributed by atoms with Gasteiger partial charge in [-0.1, -0.05) is 13.0 Å². The Morgan fingerprint density at radius 1 is 1.39 bits per heavy atom. The summed E-state index contributed by atoms with van der Waals surface area (Å²) in [5.41, 5.74) is 9.34. The first-order valence-corrected chi connectivity index (χ1v) is 6.73. The van der Waals surface area contributed by atoms with Gasteiger partial charge < -0.3 is 11.1 Å². The summed E-state index contributed by atoms with van der Waals surface area (Å²) in [4.78, 5) is 12.9. The molecule has 0 bridgehead atoms. The number of carbonyl (C=O) groups excluding carboxylic acids is 1. The topological polar surface area (TPSA) is 55.1 Å². The number of nitrogens with two attached hydrogens (primary N) is 1. The molecule has 0 saturated carbocycles. The van der Waals surface area contributed by atoms with Crippen molar-refractivity contribution < 1.29 is 4.79 Å². The van der Waals surface area contributed by atoms with Crippen molar-refractivity contribution in [2.45, 2.75) is 20.3 Å². The van der Waals surface area contributed by atoms with Crippen molar-refractivity contribution in [3.63, 3.8) is 0 Å². The van der Waals surface area contributed by atoms with Gasteiger partial charge in [0.25, 0.3) is 5.91 Å². The Morgan fingerprint density at radius 2 is 2.17 bits per heavy atom. The van der Waals surface area contributed by atoms with Gasteiger partial charge in [0.2, 0.25) is 0 Å². The predicted molar refractivity (Wildman–Crippen MR) is 77.2 cm³/mol. The Hall–Kier alpha value is -1.81. The van der Waals surface area contributed by atoms with Crippen LogP contribution in [0.4, 0.5) is 11.4 Å². The largest absolute Gasteiger partial charge is 0.398 e. The van der Waals surface area contributed by atoms with Crippen LogP contribution in [0, 0.1) is 6.92 Å². The Labute approximate surface area is 111 Å². The molecule has 4 heteroatoms. The Kier molecular flexibility index (Phi) is 3.67. The minimum absolute atomic E-state index is 0.0647. The molecule has 0 spiro atoms. The number of benzene rings is 1. The lowest BCUT2D eigenvalue weighted by Gasteiger charge is -2.07. The number of nitrogens with one attached hydrogen (secondary N) is 1. The Morgan fingerprint density at radius 3 is 2.83 bits per heavy atom. The van der Waals surface area contributed by atoms with E-state index in [-0.39, 0.29) is 5.91 Å². The van der Waals surface area contributed by atoms with Gasteiger partial charge >= 0.3 is 0 Å². The van der Waals surface area contributed by atoms with Crippen molar-refractivity contribution in [2.24, 2.45) is 0 Å². The van der Waals surface area contributed by atoms with Gasteiger partial charge in [0, 0.05) is 11.4 Å². The molecule has 94 valence electrons. The van der Waals surface area contributed by atoms with E-state index in [1.807, 2.05) is 37.4 Å². The van der Waals surface area contributed by atoms with Crippen molar-refractivity contribution in [3.8, 4) is 0 Å². The van der Waals surface area contributed by atoms with E-state index in [1.54, 1.807) is 6.07 Å². The maximum atomic E-state index is 12.1. The molecule has 2 rings (SSSR count). The van der Waals surface area contributed by atoms with Crippen LogP contribution in [0.25, 0.3) is 0 Å². The molecular weight excluding hydrogens is 244 g/mol. The third-order valence-electron chi connectivity index (χ3n) is 2.87. The molecule has 0 atom stereocenters. The van der Waals surface area contributed by atoms with E-state index in [2.05, 4.69) is 5.32 Å². The highest BCUT2D eigenvalue weighted by molar-refractivity contribution is 7.12. The summed E-state index contributed by atoms with van der Waals surface area (Å²) in [5, 5.41) is 4.82. The number of amides is 1. The highest BCUT2D eigenvalue weighted by Gasteiger charge is 2.12. The van der Waals surface area contributed by atoms with Crippen molar-refractivity contribution in [2.75, 3.05) is 11.1 Å². The average Bonchev–Trinajstić information content (AvgIpc) is 2.82. The van der Waals surface area contributed by atoms with E-state index in [1.165, 1.54) is 11.3 Å². The number of rotatable bonds is 3. The van der Waals surface area contributed by atoms with E-state index < -0.39 is 0 Å². The van der Waals surface area contributed by atoms with Crippen LogP contribution in [-0.2, 0) is 6.42 Å². The summed E-state index contributed by atoms with van der Waals surface area (Å²) in [5.74, 6) is -0.0647. The van der Waals surface area contributed by atoms with Crippen LogP contribution in [0.15, 0.2) is 29.6 Å². The first-order valence-electron chi connectivity index (χ1n) is 5.85. The summed E-state index contributed by atoms with van der Waals surface area (Å²) in [6, 6.07) is 7.54. The van der Waals surface area contributed by atoms with E-state index in [0.29, 0.717) is 5.69 Å². The molecule has 0 saturated heterocycles. The third kappa shape index (κ3) is 2.54. The van der Waals surface area contributed by atoms with Gasteiger partial charge in [-0.15, -0.1) is 11.3 Å². The maximum Gasteiger partial charge on any atom is 0.266 e. The molecule has 18 heavy (non-hydrogen) atoms. The van der Waals surface area contributed by atoms with E-state index in [0.717, 1.165) is 28.1 Å². The number of aryl methyl sites for hydroxylation is 2. The fraction of sp³-hybridized carbons (Fsp3) is 0.214. The summed E-state index contributed by atoms with van der Waals surface area (Å²) in [7, 11) is 0. The summed E-state index contributed by atoms with van der Waals surface area (Å²) in [6.07, 6.45) is 0.863. The average molecular weight is 260 g/mol. The number of hydrogen-bond donors (Lipinski definition) is 2. The molecule has 0 fully saturated rings. The molecule has 1 aromatic carbocycles. The molecule has 1 amide bonds. The lowest BCUT2D eigenvalue weighted by Crippen LogP contribution is -2.12. The molecule has 2 aromatic rings. The lowest BCUT2D eigenvalue weighted by molar-refractivity contribution is 0.103. The van der Waals surface area contributed by atoms with Crippen LogP contribution in [0.5, 0.6) is 0 Å². The normalized spacial score (nSPS) is 10.3. The zero-order valence-electron chi connectivity index (χ0n) is 10.5. The van der Waals surface area contributed by atoms with Gasteiger partial charge in [0.15, 0.2) is 0 Å². The van der Waals surface area contributed by atoms with Gasteiger partial charge in [-0.2, -0.15) is 0 Å². The van der Waals surface area contributed by atoms with Crippen LogP contribution >= 0.6 is 11.3 Å². The molecule has 1 aromatic heterocycles. The SMILES string of the molecule is CCc1ccsc1C(=O)Nc1ccc(C)c(N)c1. The molecule has 0 aliphatic rings. The molecule has 0 radical (unpaired) electrons. The van der Waals surface area contributed by atoms with Crippen LogP contribution < -0.4 is 11.1 Å². The predicted octanol–water partition coefficient (Wildman–Crippen LogP) is 3.45. The second-order valence-corrected chi connectivity index (χ2v) is 5.07. The fourth-order valence-electron chi connectivity index (χ4n) is 1.72. The highest BCUT2D eigenvalue weighted by Crippen LogP contribution is 2.21. The Bertz CT molecular complexity index is 575. The van der Waals surface area contributed by atoms with Crippen molar-refractivity contribution in [3.05, 3.63) is 45.6 Å². The Balaban J connectivity index is 2.19. The zero-order chi connectivity index (χ0) is 13.1. The van der Waals surface area contributed by atoms with Gasteiger partial charge in [-0.3, -0.25) is 4.79 Å². The number of hydrogen-bond acceptors (Lipinski definition) is 3. The quantitative estimate of drug-likeness (QED) is 0.830. The first kappa shape index (κ1) is 12.6. The standard InChI is InChI=1S/C14H16N2OS/c1-3-10-6-7-18-13(10)14(17)16-11-5-4-9(2)12(15)8-11/h4-8H,3,15H2,1-2H3,(H,16,17). The zero-order valence-corrected chi connectivity index (χ0v) is 11.3. The van der Waals surface area contributed by atoms with Crippen LogP contribution in [-0.4, -0.2) is 5.91 Å². The third-order valence-corrected chi connectivity index (χ3v) is 3.83. The summed E-state index contributed by atoms with van der Waals surface area (Å²) < 4.78 is 0. The van der Waals surface area contributed by atoms with E-state index in [4.69, 9.17) is 5.73 Å². The van der Waals surface area contributed by atoms with Crippen molar-refractivity contribution >= 4 is 28.6 Å². The van der Waals surface area contributed by atoms with Crippen molar-refractivity contribution in [1.29, 1.82) is 0 Å². The maximum absolute atomic E-state index is 12.1. The number of carbonyl (C=O) groups is 1. The molecule has 0 aliphatic heterocycles. The van der Waals surface area contributed by atoms with E-state index in [9.17, 15) is 4.79 Å². The molecule has 1 heterocycles. The minimum atomic E-state index is -0.0647. The summed E-state index contributed by atoms with van der Waals surface area (Å²) >= 11 is 1.47. The molecule has 3 N–H and O–H groups in total. The summed E-state index contributed by atoms with van der Waals surface area (Å²) in [6.45, 7) is 3.98. The van der Waals surface area contributed by atoms with Crippen LogP contribution in [0.2, 0.25) is 0 Å².